The van der Waals surface area contributed by atoms with Gasteiger partial charge in [-0.05, 0) is 86.2 Å². The molecule has 6 rings (SSSR count). The molecule has 0 saturated carbocycles. The van der Waals surface area contributed by atoms with Crippen LogP contribution in [-0.2, 0) is 25.9 Å². The van der Waals surface area contributed by atoms with Gasteiger partial charge in [0.1, 0.15) is 23.1 Å². The number of ketones is 1. The second-order valence-corrected chi connectivity index (χ2v) is 11.6. The highest BCUT2D eigenvalue weighted by atomic mass is 19.4. The number of fused-ring (bicyclic) bond motifs is 2. The average molecular weight is 592 g/mol. The van der Waals surface area contributed by atoms with Gasteiger partial charge in [0.2, 0.25) is 0 Å². The van der Waals surface area contributed by atoms with E-state index in [-0.39, 0.29) is 17.5 Å². The van der Waals surface area contributed by atoms with Crippen LogP contribution in [0, 0.1) is 0 Å². The molecule has 4 heterocycles. The average Bonchev–Trinajstić information content (AvgIpc) is 3.37. The van der Waals surface area contributed by atoms with Gasteiger partial charge in [-0.1, -0.05) is 25.1 Å². The molecule has 2 aromatic carbocycles. The molecule has 2 aromatic heterocycles. The number of aromatic nitrogens is 3. The zero-order valence-electron chi connectivity index (χ0n) is 24.5. The summed E-state index contributed by atoms with van der Waals surface area (Å²) >= 11 is 0. The number of alkyl halides is 3. The highest BCUT2D eigenvalue weighted by Crippen LogP contribution is 2.32. The second-order valence-electron chi connectivity index (χ2n) is 11.6. The Hall–Kier alpha value is -3.92. The molecule has 0 radical (unpaired) electrons. The third kappa shape index (κ3) is 6.54. The van der Waals surface area contributed by atoms with Crippen molar-refractivity contribution in [2.75, 3.05) is 31.6 Å². The lowest BCUT2D eigenvalue weighted by Gasteiger charge is -2.33. The monoisotopic (exact) mass is 591 g/mol. The molecule has 43 heavy (non-hydrogen) atoms. The normalized spacial score (nSPS) is 16.4. The van der Waals surface area contributed by atoms with Crippen LogP contribution in [0.2, 0.25) is 0 Å². The van der Waals surface area contributed by atoms with Crippen molar-refractivity contribution in [2.24, 2.45) is 0 Å². The lowest BCUT2D eigenvalue weighted by Crippen LogP contribution is -2.33. The number of halogens is 3. The Morgan fingerprint density at radius 1 is 0.977 bits per heavy atom. The van der Waals surface area contributed by atoms with Crippen molar-refractivity contribution >= 4 is 22.5 Å². The Kier molecular flexibility index (Phi) is 8.13. The number of hydrogen-bond donors (Lipinski definition) is 0. The number of hydrogen-bond acceptors (Lipinski definition) is 6. The van der Waals surface area contributed by atoms with E-state index in [0.717, 1.165) is 97.0 Å². The Bertz CT molecular complexity index is 1610. The number of pyridine rings is 1. The summed E-state index contributed by atoms with van der Waals surface area (Å²) in [7, 11) is 2.08. The number of ether oxygens (including phenoxy) is 1. The molecular weight excluding hydrogens is 555 g/mol. The van der Waals surface area contributed by atoms with Gasteiger partial charge in [0.25, 0.3) is 0 Å². The number of benzene rings is 2. The molecule has 226 valence electrons. The van der Waals surface area contributed by atoms with Crippen LogP contribution in [0.4, 0.5) is 19.0 Å². The van der Waals surface area contributed by atoms with Gasteiger partial charge in [-0.15, -0.1) is 13.2 Å². The minimum atomic E-state index is -4.68. The van der Waals surface area contributed by atoms with Crippen LogP contribution in [-0.4, -0.2) is 58.3 Å². The maximum atomic E-state index is 13.3. The summed E-state index contributed by atoms with van der Waals surface area (Å²) in [5.74, 6) is 2.15. The molecule has 10 heteroatoms. The summed E-state index contributed by atoms with van der Waals surface area (Å²) in [6.45, 7) is 6.19. The van der Waals surface area contributed by atoms with Gasteiger partial charge >= 0.3 is 6.36 Å². The predicted octanol–water partition coefficient (Wildman–Crippen LogP) is 6.54. The molecule has 0 amide bonds. The van der Waals surface area contributed by atoms with Crippen LogP contribution in [0.15, 0.2) is 54.6 Å². The number of carbonyl (C=O) groups is 1. The van der Waals surface area contributed by atoms with E-state index in [9.17, 15) is 18.0 Å². The molecule has 0 bridgehead atoms. The predicted molar refractivity (Wildman–Crippen MR) is 160 cm³/mol. The summed E-state index contributed by atoms with van der Waals surface area (Å²) in [5, 5.41) is 1.05. The fourth-order valence-corrected chi connectivity index (χ4v) is 6.32. The molecule has 7 nitrogen and oxygen atoms in total. The van der Waals surface area contributed by atoms with Crippen molar-refractivity contribution in [3.8, 4) is 5.75 Å². The van der Waals surface area contributed by atoms with Crippen molar-refractivity contribution in [1.29, 1.82) is 0 Å². The van der Waals surface area contributed by atoms with Crippen molar-refractivity contribution in [1.82, 2.24) is 19.4 Å². The Balaban J connectivity index is 1.07. The fraction of sp³-hybridized carbons (Fsp3) is 0.424. The third-order valence-electron chi connectivity index (χ3n) is 8.62. The molecule has 2 aliphatic heterocycles. The highest BCUT2D eigenvalue weighted by molar-refractivity contribution is 5.96. The van der Waals surface area contributed by atoms with E-state index in [1.165, 1.54) is 12.1 Å². The van der Waals surface area contributed by atoms with Crippen molar-refractivity contribution < 1.29 is 22.7 Å². The van der Waals surface area contributed by atoms with Gasteiger partial charge < -0.3 is 14.2 Å². The minimum Gasteiger partial charge on any atom is -0.406 e. The molecule has 4 aromatic rings. The van der Waals surface area contributed by atoms with Gasteiger partial charge in [-0.2, -0.15) is 0 Å². The molecule has 1 saturated heterocycles. The number of nitrogens with zero attached hydrogens (tertiary/aromatic N) is 5. The summed E-state index contributed by atoms with van der Waals surface area (Å²) in [4.78, 5) is 27.5. The molecule has 0 spiro atoms. The van der Waals surface area contributed by atoms with Crippen molar-refractivity contribution in [2.45, 2.75) is 64.4 Å². The SMILES string of the molecule is CCc1nc2n(c1C(=O)CCc1ccc3nc(N4CCC(c5ccc(OC(F)(F)F)cc5)CC4)ccc3c1)CCN(C)C2. The first kappa shape index (κ1) is 29.2. The van der Waals surface area contributed by atoms with E-state index in [0.29, 0.717) is 12.8 Å². The van der Waals surface area contributed by atoms with E-state index in [4.69, 9.17) is 9.97 Å². The van der Waals surface area contributed by atoms with E-state index in [1.807, 2.05) is 12.1 Å². The molecule has 2 aliphatic rings. The Labute approximate surface area is 249 Å². The molecule has 0 atom stereocenters. The van der Waals surface area contributed by atoms with Gasteiger partial charge in [-0.3, -0.25) is 9.69 Å². The Morgan fingerprint density at radius 2 is 1.74 bits per heavy atom. The maximum Gasteiger partial charge on any atom is 0.573 e. The molecule has 0 unspecified atom stereocenters. The number of likely N-dealkylation sites (N-methyl/N-ethyl adjacent to an activating group) is 1. The van der Waals surface area contributed by atoms with Crippen LogP contribution in [0.3, 0.4) is 0 Å². The first-order chi connectivity index (χ1) is 20.7. The van der Waals surface area contributed by atoms with Gasteiger partial charge in [-0.25, -0.2) is 9.97 Å². The van der Waals surface area contributed by atoms with Crippen molar-refractivity contribution in [3.05, 3.63) is 82.9 Å². The number of anilines is 1. The number of aryl methyl sites for hydroxylation is 2. The zero-order chi connectivity index (χ0) is 30.1. The first-order valence-electron chi connectivity index (χ1n) is 15.0. The van der Waals surface area contributed by atoms with Crippen LogP contribution in [0.25, 0.3) is 10.9 Å². The van der Waals surface area contributed by atoms with Crippen LogP contribution in [0.5, 0.6) is 5.75 Å². The molecule has 1 fully saturated rings. The van der Waals surface area contributed by atoms with E-state index in [1.54, 1.807) is 12.1 Å². The highest BCUT2D eigenvalue weighted by Gasteiger charge is 2.31. The minimum absolute atomic E-state index is 0.155. The number of Topliss-reactive ketones (excluding diaryl/α,β-unsaturated/α-hetero) is 1. The van der Waals surface area contributed by atoms with Crippen molar-refractivity contribution in [3.63, 3.8) is 0 Å². The zero-order valence-corrected chi connectivity index (χ0v) is 24.5. The second kappa shape index (κ2) is 12.0. The number of rotatable bonds is 8. The summed E-state index contributed by atoms with van der Waals surface area (Å²) in [6, 6.07) is 16.6. The first-order valence-corrected chi connectivity index (χ1v) is 15.0. The van der Waals surface area contributed by atoms with Gasteiger partial charge in [0, 0.05) is 38.0 Å². The standard InChI is InChI=1S/C33H36F3N5O2/c1-3-27-32(41-19-18-39(2)21-31(41)37-27)29(42)12-5-22-4-11-28-25(20-22)8-13-30(38-28)40-16-14-24(15-17-40)23-6-9-26(10-7-23)43-33(34,35)36/h4,6-11,13,20,24H,3,5,12,14-19,21H2,1-2H3. The van der Waals surface area contributed by atoms with E-state index in [2.05, 4.69) is 51.3 Å². The van der Waals surface area contributed by atoms with E-state index < -0.39 is 6.36 Å². The Morgan fingerprint density at radius 3 is 2.47 bits per heavy atom. The van der Waals surface area contributed by atoms with Crippen LogP contribution in [0.1, 0.15) is 65.2 Å². The largest absolute Gasteiger partial charge is 0.573 e. The maximum absolute atomic E-state index is 13.3. The van der Waals surface area contributed by atoms with Crippen LogP contribution < -0.4 is 9.64 Å². The van der Waals surface area contributed by atoms with E-state index >= 15 is 0 Å². The van der Waals surface area contributed by atoms with Gasteiger partial charge in [0.15, 0.2) is 5.78 Å². The smallest absolute Gasteiger partial charge is 0.406 e. The lowest BCUT2D eigenvalue weighted by molar-refractivity contribution is -0.274. The topological polar surface area (TPSA) is 63.5 Å². The number of carbonyl (C=O) groups excluding carboxylic acids is 1. The third-order valence-corrected chi connectivity index (χ3v) is 8.62. The van der Waals surface area contributed by atoms with Gasteiger partial charge in [0.05, 0.1) is 17.8 Å². The number of imidazole rings is 1. The summed E-state index contributed by atoms with van der Waals surface area (Å²) < 4.78 is 43.5. The molecular formula is C33H36F3N5O2. The number of piperidine rings is 1. The fourth-order valence-electron chi connectivity index (χ4n) is 6.32. The summed E-state index contributed by atoms with van der Waals surface area (Å²) in [6.07, 6.45) is -1.04. The molecule has 0 aliphatic carbocycles. The quantitative estimate of drug-likeness (QED) is 0.217. The van der Waals surface area contributed by atoms with Crippen LogP contribution >= 0.6 is 0 Å². The lowest BCUT2D eigenvalue weighted by atomic mass is 9.89. The summed E-state index contributed by atoms with van der Waals surface area (Å²) in [5.41, 5.74) is 4.74. The molecule has 0 N–H and O–H groups in total.